The number of rotatable bonds is 3. The first kappa shape index (κ1) is 12.4. The number of methoxy groups -OCH3 is 1. The summed E-state index contributed by atoms with van der Waals surface area (Å²) in [7, 11) is 1.34. The number of nitrogens with two attached hydrogens (primary N) is 1. The number of nitrogen functional groups attached to an aromatic ring is 1. The highest BCUT2D eigenvalue weighted by molar-refractivity contribution is 7.99. The summed E-state index contributed by atoms with van der Waals surface area (Å²) in [6, 6.07) is 5.11. The van der Waals surface area contributed by atoms with Crippen LogP contribution in [0.4, 0.5) is 5.69 Å². The van der Waals surface area contributed by atoms with Crippen molar-refractivity contribution in [2.45, 2.75) is 9.92 Å². The van der Waals surface area contributed by atoms with Crippen molar-refractivity contribution in [1.29, 1.82) is 0 Å². The molecular weight excluding hydrogens is 250 g/mol. The van der Waals surface area contributed by atoms with Gasteiger partial charge in [-0.05, 0) is 12.1 Å². The number of nitrogens with zero attached hydrogens (tertiary/aromatic N) is 2. The summed E-state index contributed by atoms with van der Waals surface area (Å²) < 4.78 is 4.73. The van der Waals surface area contributed by atoms with Crippen molar-refractivity contribution in [3.05, 3.63) is 42.4 Å². The van der Waals surface area contributed by atoms with Crippen molar-refractivity contribution in [2.24, 2.45) is 0 Å². The molecule has 0 aliphatic rings. The number of aromatic nitrogens is 2. The van der Waals surface area contributed by atoms with Crippen LogP contribution in [-0.2, 0) is 4.74 Å². The van der Waals surface area contributed by atoms with Crippen molar-refractivity contribution in [1.82, 2.24) is 9.97 Å². The number of carbonyl (C=O) groups is 1. The Hall–Kier alpha value is -2.08. The summed E-state index contributed by atoms with van der Waals surface area (Å²) in [5, 5.41) is 0.667. The third kappa shape index (κ3) is 2.60. The molecule has 5 nitrogen and oxygen atoms in total. The molecule has 2 N–H and O–H groups in total. The summed E-state index contributed by atoms with van der Waals surface area (Å²) in [5.41, 5.74) is 6.82. The lowest BCUT2D eigenvalue weighted by Gasteiger charge is -2.09. The molecule has 0 saturated carbocycles. The average Bonchev–Trinajstić information content (AvgIpc) is 2.41. The van der Waals surface area contributed by atoms with Crippen LogP contribution in [0.3, 0.4) is 0 Å². The van der Waals surface area contributed by atoms with Gasteiger partial charge >= 0.3 is 5.97 Å². The Labute approximate surface area is 108 Å². The second-order valence-electron chi connectivity index (χ2n) is 3.36. The molecule has 0 unspecified atom stereocenters. The van der Waals surface area contributed by atoms with Gasteiger partial charge in [0.15, 0.2) is 0 Å². The van der Waals surface area contributed by atoms with Gasteiger partial charge in [-0.25, -0.2) is 9.78 Å². The Balaban J connectivity index is 2.40. The second kappa shape index (κ2) is 5.50. The van der Waals surface area contributed by atoms with Gasteiger partial charge in [-0.1, -0.05) is 17.8 Å². The Bertz CT molecular complexity index is 561. The highest BCUT2D eigenvalue weighted by atomic mass is 32.2. The van der Waals surface area contributed by atoms with Crippen LogP contribution in [0.2, 0.25) is 0 Å². The molecule has 2 aromatic rings. The lowest BCUT2D eigenvalue weighted by atomic mass is 10.2. The molecule has 1 aromatic carbocycles. The fraction of sp³-hybridized carbons (Fsp3) is 0.0833. The topological polar surface area (TPSA) is 78.1 Å². The van der Waals surface area contributed by atoms with E-state index in [2.05, 4.69) is 9.97 Å². The predicted molar refractivity (Wildman–Crippen MR) is 68.3 cm³/mol. The van der Waals surface area contributed by atoms with Gasteiger partial charge in [0, 0.05) is 18.1 Å². The van der Waals surface area contributed by atoms with Gasteiger partial charge in [0.2, 0.25) is 0 Å². The van der Waals surface area contributed by atoms with E-state index in [9.17, 15) is 4.79 Å². The quantitative estimate of drug-likeness (QED) is 0.672. The van der Waals surface area contributed by atoms with E-state index in [1.807, 2.05) is 0 Å². The van der Waals surface area contributed by atoms with Crippen LogP contribution in [0, 0.1) is 0 Å². The fourth-order valence-corrected chi connectivity index (χ4v) is 2.27. The molecule has 0 spiro atoms. The van der Waals surface area contributed by atoms with Crippen molar-refractivity contribution >= 4 is 23.4 Å². The summed E-state index contributed by atoms with van der Waals surface area (Å²) in [6.45, 7) is 0. The third-order valence-corrected chi connectivity index (χ3v) is 3.28. The molecule has 2 rings (SSSR count). The minimum Gasteiger partial charge on any atom is -0.465 e. The van der Waals surface area contributed by atoms with Crippen LogP contribution in [0.5, 0.6) is 0 Å². The number of ether oxygens (including phenoxy) is 1. The van der Waals surface area contributed by atoms with Crippen LogP contribution < -0.4 is 5.73 Å². The van der Waals surface area contributed by atoms with E-state index in [1.165, 1.54) is 18.9 Å². The smallest absolute Gasteiger partial charge is 0.339 e. The lowest BCUT2D eigenvalue weighted by Crippen LogP contribution is -2.05. The van der Waals surface area contributed by atoms with Crippen LogP contribution in [0.25, 0.3) is 0 Å². The maximum absolute atomic E-state index is 11.6. The number of benzene rings is 1. The predicted octanol–water partition coefficient (Wildman–Crippen LogP) is 2.00. The highest BCUT2D eigenvalue weighted by Crippen LogP contribution is 2.33. The van der Waals surface area contributed by atoms with E-state index in [1.54, 1.807) is 36.8 Å². The van der Waals surface area contributed by atoms with Gasteiger partial charge in [-0.3, -0.25) is 4.98 Å². The zero-order valence-corrected chi connectivity index (χ0v) is 10.5. The van der Waals surface area contributed by atoms with E-state index in [0.29, 0.717) is 21.2 Å². The van der Waals surface area contributed by atoms with Gasteiger partial charge < -0.3 is 10.5 Å². The molecule has 0 bridgehead atoms. The summed E-state index contributed by atoms with van der Waals surface area (Å²) in [5.74, 6) is -0.423. The van der Waals surface area contributed by atoms with Gasteiger partial charge in [0.05, 0.1) is 23.8 Å². The number of carbonyl (C=O) groups excluding carboxylic acids is 1. The van der Waals surface area contributed by atoms with Crippen molar-refractivity contribution < 1.29 is 9.53 Å². The number of hydrogen-bond donors (Lipinski definition) is 1. The van der Waals surface area contributed by atoms with E-state index >= 15 is 0 Å². The molecule has 1 heterocycles. The number of esters is 1. The number of hydrogen-bond acceptors (Lipinski definition) is 6. The third-order valence-electron chi connectivity index (χ3n) is 2.20. The minimum absolute atomic E-state index is 0.423. The van der Waals surface area contributed by atoms with Crippen molar-refractivity contribution in [2.75, 3.05) is 12.8 Å². The molecule has 0 aliphatic carbocycles. The van der Waals surface area contributed by atoms with Gasteiger partial charge in [-0.2, -0.15) is 0 Å². The van der Waals surface area contributed by atoms with Gasteiger partial charge in [0.1, 0.15) is 5.03 Å². The average molecular weight is 261 g/mol. The molecule has 1 aromatic heterocycles. The summed E-state index contributed by atoms with van der Waals surface area (Å²) in [6.07, 6.45) is 4.77. The largest absolute Gasteiger partial charge is 0.465 e. The molecule has 0 saturated heterocycles. The number of anilines is 1. The molecule has 0 amide bonds. The standard InChI is InChI=1S/C12H11N3O2S/c1-17-12(16)8-3-2-4-9(13)11(8)18-10-7-14-5-6-15-10/h2-7H,13H2,1H3. The summed E-state index contributed by atoms with van der Waals surface area (Å²) >= 11 is 1.29. The monoisotopic (exact) mass is 261 g/mol. The van der Waals surface area contributed by atoms with Crippen molar-refractivity contribution in [3.63, 3.8) is 0 Å². The Morgan fingerprint density at radius 1 is 1.39 bits per heavy atom. The van der Waals surface area contributed by atoms with E-state index in [4.69, 9.17) is 10.5 Å². The molecular formula is C12H11N3O2S. The Morgan fingerprint density at radius 2 is 2.22 bits per heavy atom. The van der Waals surface area contributed by atoms with E-state index < -0.39 is 5.97 Å². The first-order valence-corrected chi connectivity index (χ1v) is 5.94. The fourth-order valence-electron chi connectivity index (χ4n) is 1.38. The molecule has 92 valence electrons. The first-order chi connectivity index (χ1) is 8.72. The molecule has 0 radical (unpaired) electrons. The van der Waals surface area contributed by atoms with Gasteiger partial charge in [0.25, 0.3) is 0 Å². The SMILES string of the molecule is COC(=O)c1cccc(N)c1Sc1cnccn1. The first-order valence-electron chi connectivity index (χ1n) is 5.13. The van der Waals surface area contributed by atoms with Gasteiger partial charge in [-0.15, -0.1) is 0 Å². The minimum atomic E-state index is -0.423. The second-order valence-corrected chi connectivity index (χ2v) is 4.39. The van der Waals surface area contributed by atoms with Crippen LogP contribution in [-0.4, -0.2) is 23.0 Å². The zero-order valence-electron chi connectivity index (χ0n) is 9.66. The Morgan fingerprint density at radius 3 is 2.89 bits per heavy atom. The molecule has 0 fully saturated rings. The van der Waals surface area contributed by atoms with Crippen LogP contribution in [0.15, 0.2) is 46.7 Å². The van der Waals surface area contributed by atoms with Crippen molar-refractivity contribution in [3.8, 4) is 0 Å². The normalized spacial score (nSPS) is 10.1. The van der Waals surface area contributed by atoms with Crippen LogP contribution in [0.1, 0.15) is 10.4 Å². The van der Waals surface area contributed by atoms with E-state index in [0.717, 1.165) is 0 Å². The lowest BCUT2D eigenvalue weighted by molar-refractivity contribution is 0.0597. The summed E-state index contributed by atoms with van der Waals surface area (Å²) in [4.78, 5) is 20.4. The van der Waals surface area contributed by atoms with Crippen LogP contribution >= 0.6 is 11.8 Å². The molecule has 0 atom stereocenters. The molecule has 0 aliphatic heterocycles. The maximum Gasteiger partial charge on any atom is 0.339 e. The zero-order chi connectivity index (χ0) is 13.0. The molecule has 6 heteroatoms. The highest BCUT2D eigenvalue weighted by Gasteiger charge is 2.15. The van der Waals surface area contributed by atoms with E-state index in [-0.39, 0.29) is 0 Å². The maximum atomic E-state index is 11.6. The Kier molecular flexibility index (Phi) is 3.78. The molecule has 18 heavy (non-hydrogen) atoms.